The largest absolute Gasteiger partial charge is 0.375 e. The van der Waals surface area contributed by atoms with Gasteiger partial charge in [0.05, 0.1) is 11.6 Å². The molecule has 1 aliphatic carbocycles. The highest BCUT2D eigenvalue weighted by molar-refractivity contribution is 7.98. The summed E-state index contributed by atoms with van der Waals surface area (Å²) in [4.78, 5) is 3.04. The number of rotatable bonds is 3. The number of fused-ring (bicyclic) bond motifs is 1. The number of thioether (sulfide) groups is 1. The van der Waals surface area contributed by atoms with Crippen molar-refractivity contribution in [3.8, 4) is 0 Å². The molecule has 1 aromatic heterocycles. The van der Waals surface area contributed by atoms with E-state index in [-0.39, 0.29) is 5.60 Å². The third-order valence-corrected chi connectivity index (χ3v) is 7.73. The lowest BCUT2D eigenvalue weighted by Gasteiger charge is -2.48. The number of hydrogen-bond acceptors (Lipinski definition) is 5. The molecule has 0 bridgehead atoms. The summed E-state index contributed by atoms with van der Waals surface area (Å²) in [5.41, 5.74) is 4.88. The van der Waals surface area contributed by atoms with E-state index in [4.69, 9.17) is 10.6 Å². The summed E-state index contributed by atoms with van der Waals surface area (Å²) in [7, 11) is 0. The van der Waals surface area contributed by atoms with E-state index in [0.29, 0.717) is 12.0 Å². The van der Waals surface area contributed by atoms with Crippen molar-refractivity contribution < 1.29 is 4.74 Å². The summed E-state index contributed by atoms with van der Waals surface area (Å²) in [5, 5.41) is 0. The maximum atomic E-state index is 6.07. The van der Waals surface area contributed by atoms with Gasteiger partial charge in [-0.2, -0.15) is 11.8 Å². The number of nitrogens with two attached hydrogens (primary N) is 1. The molecule has 2 fully saturated rings. The quantitative estimate of drug-likeness (QED) is 0.661. The minimum absolute atomic E-state index is 0.199. The second kappa shape index (κ2) is 5.85. The molecule has 1 saturated heterocycles. The molecule has 0 amide bonds. The van der Waals surface area contributed by atoms with E-state index in [0.717, 1.165) is 13.0 Å². The smallest absolute Gasteiger partial charge is 0.0686 e. The average Bonchev–Trinajstić information content (AvgIpc) is 2.90. The molecule has 3 nitrogen and oxygen atoms in total. The van der Waals surface area contributed by atoms with Crippen LogP contribution in [0, 0.1) is 5.92 Å². The van der Waals surface area contributed by atoms with E-state index in [1.54, 1.807) is 10.4 Å². The lowest BCUT2D eigenvalue weighted by Crippen LogP contribution is -2.48. The van der Waals surface area contributed by atoms with E-state index in [1.807, 2.05) is 11.3 Å². The first-order valence-corrected chi connectivity index (χ1v) is 10.1. The fourth-order valence-corrected chi connectivity index (χ4v) is 6.57. The van der Waals surface area contributed by atoms with Crippen LogP contribution in [0.2, 0.25) is 0 Å². The van der Waals surface area contributed by atoms with Crippen molar-refractivity contribution in [3.05, 3.63) is 21.4 Å². The van der Waals surface area contributed by atoms with Gasteiger partial charge < -0.3 is 4.74 Å². The molecule has 3 heterocycles. The van der Waals surface area contributed by atoms with E-state index in [9.17, 15) is 0 Å². The predicted molar refractivity (Wildman–Crippen MR) is 89.5 cm³/mol. The van der Waals surface area contributed by atoms with Crippen LogP contribution in [0.4, 0.5) is 0 Å². The Hall–Kier alpha value is -0.0700. The molecule has 116 valence electrons. The van der Waals surface area contributed by atoms with Gasteiger partial charge in [0.15, 0.2) is 0 Å². The maximum absolute atomic E-state index is 6.07. The van der Waals surface area contributed by atoms with Gasteiger partial charge in [0.25, 0.3) is 0 Å². The zero-order chi connectivity index (χ0) is 14.3. The highest BCUT2D eigenvalue weighted by atomic mass is 32.2. The third-order valence-electron chi connectivity index (χ3n) is 5.40. The van der Waals surface area contributed by atoms with Gasteiger partial charge in [-0.1, -0.05) is 0 Å². The van der Waals surface area contributed by atoms with Crippen LogP contribution in [0.15, 0.2) is 6.07 Å². The van der Waals surface area contributed by atoms with Crippen LogP contribution in [-0.4, -0.2) is 18.0 Å². The van der Waals surface area contributed by atoms with Gasteiger partial charge in [0.1, 0.15) is 0 Å². The third kappa shape index (κ3) is 2.68. The summed E-state index contributed by atoms with van der Waals surface area (Å²) < 4.78 is 6.07. The van der Waals surface area contributed by atoms with Crippen molar-refractivity contribution in [2.75, 3.05) is 12.4 Å². The predicted octanol–water partition coefficient (Wildman–Crippen LogP) is 3.39. The fraction of sp³-hybridized carbons (Fsp3) is 0.750. The molecular formula is C16H24N2OS2. The molecule has 1 saturated carbocycles. The summed E-state index contributed by atoms with van der Waals surface area (Å²) in [5.74, 6) is 9.03. The summed E-state index contributed by atoms with van der Waals surface area (Å²) in [6.45, 7) is 0.907. The van der Waals surface area contributed by atoms with Gasteiger partial charge in [0.2, 0.25) is 0 Å². The van der Waals surface area contributed by atoms with E-state index >= 15 is 0 Å². The first kappa shape index (κ1) is 14.5. The molecule has 2 atom stereocenters. The van der Waals surface area contributed by atoms with E-state index < -0.39 is 0 Å². The SMILES string of the molecule is NNC(c1cc2c(s1)CCSC2)C1CCOC2(CCC2)C1. The molecule has 2 aliphatic heterocycles. The number of thiophene rings is 1. The van der Waals surface area contributed by atoms with Crippen LogP contribution >= 0.6 is 23.1 Å². The van der Waals surface area contributed by atoms with Crippen molar-refractivity contribution in [2.45, 2.75) is 55.9 Å². The monoisotopic (exact) mass is 324 g/mol. The first-order valence-electron chi connectivity index (χ1n) is 8.09. The van der Waals surface area contributed by atoms with Gasteiger partial charge in [0, 0.05) is 22.1 Å². The highest BCUT2D eigenvalue weighted by Crippen LogP contribution is 2.48. The number of aryl methyl sites for hydroxylation is 1. The van der Waals surface area contributed by atoms with Crippen molar-refractivity contribution in [3.63, 3.8) is 0 Å². The Morgan fingerprint density at radius 3 is 3.05 bits per heavy atom. The van der Waals surface area contributed by atoms with Crippen LogP contribution < -0.4 is 11.3 Å². The van der Waals surface area contributed by atoms with Crippen molar-refractivity contribution in [2.24, 2.45) is 11.8 Å². The molecular weight excluding hydrogens is 300 g/mol. The van der Waals surface area contributed by atoms with E-state index in [1.165, 1.54) is 48.5 Å². The van der Waals surface area contributed by atoms with E-state index in [2.05, 4.69) is 23.3 Å². The second-order valence-corrected chi connectivity index (χ2v) is 8.96. The summed E-state index contributed by atoms with van der Waals surface area (Å²) in [6, 6.07) is 2.73. The Bertz CT molecular complexity index is 489. The zero-order valence-electron chi connectivity index (χ0n) is 12.4. The number of hydrazine groups is 1. The van der Waals surface area contributed by atoms with Crippen LogP contribution in [-0.2, 0) is 16.9 Å². The molecule has 3 N–H and O–H groups in total. The molecule has 1 aromatic rings. The molecule has 1 spiro atoms. The fourth-order valence-electron chi connectivity index (χ4n) is 4.04. The van der Waals surface area contributed by atoms with Crippen LogP contribution in [0.25, 0.3) is 0 Å². The molecule has 21 heavy (non-hydrogen) atoms. The molecule has 0 radical (unpaired) electrons. The molecule has 4 rings (SSSR count). The summed E-state index contributed by atoms with van der Waals surface area (Å²) in [6.07, 6.45) is 7.38. The Morgan fingerprint density at radius 2 is 2.33 bits per heavy atom. The van der Waals surface area contributed by atoms with Gasteiger partial charge in [-0.05, 0) is 61.8 Å². The van der Waals surface area contributed by atoms with Gasteiger partial charge in [-0.15, -0.1) is 11.3 Å². The normalized spacial score (nSPS) is 28.9. The molecule has 0 aromatic carbocycles. The highest BCUT2D eigenvalue weighted by Gasteiger charge is 2.44. The zero-order valence-corrected chi connectivity index (χ0v) is 14.0. The first-order chi connectivity index (χ1) is 10.3. The number of nitrogens with one attached hydrogen (secondary N) is 1. The summed E-state index contributed by atoms with van der Waals surface area (Å²) >= 11 is 4.04. The standard InChI is InChI=1S/C16H24N2OS2/c17-18-15(11-2-6-19-16(9-11)4-1-5-16)14-8-12-10-20-7-3-13(12)21-14/h8,11,15,18H,1-7,9-10,17H2. The lowest BCUT2D eigenvalue weighted by molar-refractivity contribution is -0.147. The van der Waals surface area contributed by atoms with Gasteiger partial charge in [-0.25, -0.2) is 0 Å². The van der Waals surface area contributed by atoms with Crippen LogP contribution in [0.5, 0.6) is 0 Å². The number of ether oxygens (including phenoxy) is 1. The minimum Gasteiger partial charge on any atom is -0.375 e. The molecule has 5 heteroatoms. The Morgan fingerprint density at radius 1 is 1.43 bits per heavy atom. The minimum atomic E-state index is 0.199. The average molecular weight is 325 g/mol. The lowest BCUT2D eigenvalue weighted by atomic mass is 9.70. The van der Waals surface area contributed by atoms with Gasteiger partial charge in [-0.3, -0.25) is 11.3 Å². The Labute approximate surface area is 135 Å². The molecule has 2 unspecified atom stereocenters. The topological polar surface area (TPSA) is 47.3 Å². The number of hydrogen-bond donors (Lipinski definition) is 2. The molecule has 3 aliphatic rings. The van der Waals surface area contributed by atoms with Gasteiger partial charge >= 0.3 is 0 Å². The van der Waals surface area contributed by atoms with Crippen LogP contribution in [0.1, 0.15) is 53.5 Å². The van der Waals surface area contributed by atoms with Crippen molar-refractivity contribution in [1.82, 2.24) is 5.43 Å². The van der Waals surface area contributed by atoms with Crippen molar-refractivity contribution in [1.29, 1.82) is 0 Å². The van der Waals surface area contributed by atoms with Crippen molar-refractivity contribution >= 4 is 23.1 Å². The second-order valence-electron chi connectivity index (χ2n) is 6.68. The van der Waals surface area contributed by atoms with Crippen LogP contribution in [0.3, 0.4) is 0 Å². The Balaban J connectivity index is 1.54. The Kier molecular flexibility index (Phi) is 4.05. The maximum Gasteiger partial charge on any atom is 0.0686 e.